The monoisotopic (exact) mass is 548 g/mol. The van der Waals surface area contributed by atoms with E-state index in [1.807, 2.05) is 49.0 Å². The smallest absolute Gasteiger partial charge is 0.268 e. The van der Waals surface area contributed by atoms with Crippen LogP contribution in [-0.4, -0.2) is 55.6 Å². The summed E-state index contributed by atoms with van der Waals surface area (Å²) in [7, 11) is 0. The summed E-state index contributed by atoms with van der Waals surface area (Å²) in [4.78, 5) is 34.4. The van der Waals surface area contributed by atoms with E-state index in [2.05, 4.69) is 44.0 Å². The zero-order valence-corrected chi connectivity index (χ0v) is 25.0. The predicted molar refractivity (Wildman–Crippen MR) is 159 cm³/mol. The summed E-state index contributed by atoms with van der Waals surface area (Å²) in [5.41, 5.74) is 6.38. The fraction of sp³-hybridized carbons (Fsp3) is 0.467. The molecule has 4 aromatic rings. The highest BCUT2D eigenvalue weighted by Crippen LogP contribution is 2.25. The minimum atomic E-state index is -0.195. The summed E-state index contributed by atoms with van der Waals surface area (Å²) in [6.45, 7) is 17.5. The van der Waals surface area contributed by atoms with Crippen molar-refractivity contribution in [2.24, 2.45) is 0 Å². The van der Waals surface area contributed by atoms with E-state index in [1.54, 1.807) is 4.40 Å². The molecule has 3 aromatic heterocycles. The first kappa shape index (κ1) is 28.7. The van der Waals surface area contributed by atoms with Gasteiger partial charge in [0, 0.05) is 22.8 Å². The molecular formula is C30H40N6O2S. The van der Waals surface area contributed by atoms with Crippen LogP contribution in [0.3, 0.4) is 0 Å². The van der Waals surface area contributed by atoms with Crippen LogP contribution in [0.5, 0.6) is 0 Å². The van der Waals surface area contributed by atoms with Gasteiger partial charge in [-0.1, -0.05) is 26.0 Å². The molecule has 1 amide bonds. The zero-order valence-electron chi connectivity index (χ0n) is 24.2. The van der Waals surface area contributed by atoms with Gasteiger partial charge >= 0.3 is 0 Å². The topological polar surface area (TPSA) is 84.5 Å². The van der Waals surface area contributed by atoms with E-state index in [-0.39, 0.29) is 23.9 Å². The van der Waals surface area contributed by atoms with Crippen LogP contribution < -0.4 is 10.9 Å². The number of hydrogen-bond acceptors (Lipinski definition) is 6. The fourth-order valence-electron chi connectivity index (χ4n) is 5.05. The van der Waals surface area contributed by atoms with Crippen LogP contribution in [0, 0.1) is 27.7 Å². The molecule has 0 unspecified atom stereocenters. The van der Waals surface area contributed by atoms with Crippen molar-refractivity contribution in [2.45, 2.75) is 73.8 Å². The largest absolute Gasteiger partial charge is 0.353 e. The molecule has 1 atom stereocenters. The summed E-state index contributed by atoms with van der Waals surface area (Å²) >= 11 is 1.38. The second-order valence-electron chi connectivity index (χ2n) is 10.3. The average molecular weight is 549 g/mol. The van der Waals surface area contributed by atoms with Gasteiger partial charge in [-0.15, -0.1) is 11.3 Å². The van der Waals surface area contributed by atoms with Crippen molar-refractivity contribution in [3.8, 4) is 16.9 Å². The minimum Gasteiger partial charge on any atom is -0.353 e. The Morgan fingerprint density at radius 2 is 1.90 bits per heavy atom. The van der Waals surface area contributed by atoms with Crippen LogP contribution in [0.2, 0.25) is 0 Å². The fourth-order valence-corrected chi connectivity index (χ4v) is 5.98. The van der Waals surface area contributed by atoms with Gasteiger partial charge in [0.25, 0.3) is 5.56 Å². The normalized spacial score (nSPS) is 12.4. The number of rotatable bonds is 11. The van der Waals surface area contributed by atoms with E-state index in [4.69, 9.17) is 10.1 Å². The standard InChI is InChI=1S/C30H40N6O2S/c1-8-34(9-2)15-11-13-20(4)31-27(37)17-24-18-39-30-32-23(7)28(29(38)35(24)30)25-16-21(5)36(33-25)26-14-10-12-19(3)22(26)6/h10,12,14,16,18,20H,8-9,11,13,15,17H2,1-7H3,(H,31,37)/t20-/m0/s1. The molecule has 3 heterocycles. The Bertz CT molecular complexity index is 1530. The SMILES string of the molecule is CCN(CC)CCC[C@H](C)NC(=O)Cc1csc2nc(C)c(-c3cc(C)n(-c4cccc(C)c4C)n3)c(=O)n12. The molecule has 0 radical (unpaired) electrons. The van der Waals surface area contributed by atoms with Crippen molar-refractivity contribution in [1.29, 1.82) is 0 Å². The van der Waals surface area contributed by atoms with Crippen molar-refractivity contribution in [2.75, 3.05) is 19.6 Å². The van der Waals surface area contributed by atoms with Gasteiger partial charge in [-0.05, 0) is 90.4 Å². The van der Waals surface area contributed by atoms with E-state index < -0.39 is 0 Å². The third kappa shape index (κ3) is 6.15. The number of carbonyl (C=O) groups excluding carboxylic acids is 1. The highest BCUT2D eigenvalue weighted by atomic mass is 32.1. The van der Waals surface area contributed by atoms with E-state index in [0.717, 1.165) is 49.4 Å². The number of nitrogens with one attached hydrogen (secondary N) is 1. The van der Waals surface area contributed by atoms with Gasteiger partial charge in [-0.3, -0.25) is 14.0 Å². The average Bonchev–Trinajstić information content (AvgIpc) is 3.46. The molecule has 0 bridgehead atoms. The maximum atomic E-state index is 13.8. The second-order valence-corrected chi connectivity index (χ2v) is 11.2. The van der Waals surface area contributed by atoms with Crippen molar-refractivity contribution < 1.29 is 4.79 Å². The van der Waals surface area contributed by atoms with E-state index in [1.165, 1.54) is 16.9 Å². The quantitative estimate of drug-likeness (QED) is 0.285. The molecule has 0 aliphatic rings. The Labute approximate surface area is 234 Å². The lowest BCUT2D eigenvalue weighted by molar-refractivity contribution is -0.121. The summed E-state index contributed by atoms with van der Waals surface area (Å²) in [6.07, 6.45) is 2.07. The lowest BCUT2D eigenvalue weighted by Crippen LogP contribution is -2.35. The van der Waals surface area contributed by atoms with Crippen LogP contribution >= 0.6 is 11.3 Å². The number of carbonyl (C=O) groups is 1. The molecule has 208 valence electrons. The molecule has 0 fully saturated rings. The molecule has 0 aliphatic heterocycles. The molecule has 0 saturated carbocycles. The van der Waals surface area contributed by atoms with E-state index in [0.29, 0.717) is 27.6 Å². The van der Waals surface area contributed by atoms with Crippen LogP contribution in [-0.2, 0) is 11.2 Å². The Hall–Kier alpha value is -3.30. The molecule has 8 nitrogen and oxygen atoms in total. The van der Waals surface area contributed by atoms with Gasteiger partial charge in [0.2, 0.25) is 5.91 Å². The number of amides is 1. The molecule has 0 saturated heterocycles. The predicted octanol–water partition coefficient (Wildman–Crippen LogP) is 5.01. The summed E-state index contributed by atoms with van der Waals surface area (Å²) in [5, 5.41) is 9.80. The first-order valence-electron chi connectivity index (χ1n) is 13.8. The number of aromatic nitrogens is 4. The highest BCUT2D eigenvalue weighted by Gasteiger charge is 2.21. The molecular weight excluding hydrogens is 508 g/mol. The number of benzene rings is 1. The van der Waals surface area contributed by atoms with Crippen molar-refractivity contribution in [1.82, 2.24) is 29.4 Å². The minimum absolute atomic E-state index is 0.0719. The highest BCUT2D eigenvalue weighted by molar-refractivity contribution is 7.15. The number of hydrogen-bond donors (Lipinski definition) is 1. The lowest BCUT2D eigenvalue weighted by atomic mass is 10.1. The maximum Gasteiger partial charge on any atom is 0.268 e. The summed E-state index contributed by atoms with van der Waals surface area (Å²) in [6, 6.07) is 8.13. The third-order valence-electron chi connectivity index (χ3n) is 7.52. The molecule has 1 aromatic carbocycles. The van der Waals surface area contributed by atoms with Gasteiger partial charge in [-0.25, -0.2) is 9.67 Å². The molecule has 4 rings (SSSR count). The first-order valence-corrected chi connectivity index (χ1v) is 14.7. The number of thiazole rings is 1. The van der Waals surface area contributed by atoms with Gasteiger partial charge in [-0.2, -0.15) is 5.10 Å². The number of nitrogens with zero attached hydrogens (tertiary/aromatic N) is 5. The van der Waals surface area contributed by atoms with E-state index in [9.17, 15) is 9.59 Å². The van der Waals surface area contributed by atoms with Crippen LogP contribution in [0.25, 0.3) is 21.9 Å². The summed E-state index contributed by atoms with van der Waals surface area (Å²) < 4.78 is 3.46. The zero-order chi connectivity index (χ0) is 28.3. The van der Waals surface area contributed by atoms with Gasteiger partial charge < -0.3 is 10.2 Å². The van der Waals surface area contributed by atoms with Crippen molar-refractivity contribution >= 4 is 22.2 Å². The molecule has 0 aliphatic carbocycles. The van der Waals surface area contributed by atoms with Crippen LogP contribution in [0.15, 0.2) is 34.4 Å². The van der Waals surface area contributed by atoms with Crippen LogP contribution in [0.1, 0.15) is 61.8 Å². The van der Waals surface area contributed by atoms with Gasteiger partial charge in [0.05, 0.1) is 23.4 Å². The lowest BCUT2D eigenvalue weighted by Gasteiger charge is -2.19. The molecule has 9 heteroatoms. The Morgan fingerprint density at radius 1 is 1.15 bits per heavy atom. The maximum absolute atomic E-state index is 13.8. The van der Waals surface area contributed by atoms with Crippen molar-refractivity contribution in [3.05, 3.63) is 68.2 Å². The van der Waals surface area contributed by atoms with Gasteiger partial charge in [0.1, 0.15) is 5.69 Å². The summed E-state index contributed by atoms with van der Waals surface area (Å²) in [5.74, 6) is -0.0888. The second kappa shape index (κ2) is 12.3. The Morgan fingerprint density at radius 3 is 2.62 bits per heavy atom. The first-order chi connectivity index (χ1) is 18.6. The molecule has 1 N–H and O–H groups in total. The molecule has 0 spiro atoms. The van der Waals surface area contributed by atoms with Crippen LogP contribution in [0.4, 0.5) is 0 Å². The van der Waals surface area contributed by atoms with E-state index >= 15 is 0 Å². The Balaban J connectivity index is 1.57. The third-order valence-corrected chi connectivity index (χ3v) is 8.40. The molecule has 39 heavy (non-hydrogen) atoms. The number of aryl methyl sites for hydroxylation is 3. The van der Waals surface area contributed by atoms with Gasteiger partial charge in [0.15, 0.2) is 4.96 Å². The van der Waals surface area contributed by atoms with Crippen molar-refractivity contribution in [3.63, 3.8) is 0 Å². The number of fused-ring (bicyclic) bond motifs is 1. The Kier molecular flexibility index (Phi) is 9.02.